The Morgan fingerprint density at radius 3 is 2.74 bits per heavy atom. The standard InChI is InChI=1S/C14H18N4O/c1-3-10-8-14(18-13(4-2)17-10)16-9-11-7-12(19)5-6-15-11/h5-8H,3-4,9H2,1-2H3,(H,15,19)(H,16,17,18). The average Bonchev–Trinajstić information content (AvgIpc) is 2.44. The Morgan fingerprint density at radius 1 is 1.21 bits per heavy atom. The molecular weight excluding hydrogens is 240 g/mol. The predicted molar refractivity (Wildman–Crippen MR) is 75.2 cm³/mol. The van der Waals surface area contributed by atoms with Crippen LogP contribution in [0.5, 0.6) is 0 Å². The highest BCUT2D eigenvalue weighted by molar-refractivity contribution is 5.36. The van der Waals surface area contributed by atoms with Gasteiger partial charge in [-0.3, -0.25) is 4.79 Å². The minimum Gasteiger partial charge on any atom is -0.364 e. The third-order valence-corrected chi connectivity index (χ3v) is 2.80. The zero-order chi connectivity index (χ0) is 13.7. The summed E-state index contributed by atoms with van der Waals surface area (Å²) in [6.07, 6.45) is 3.34. The van der Waals surface area contributed by atoms with Gasteiger partial charge in [0.25, 0.3) is 0 Å². The maximum absolute atomic E-state index is 11.2. The highest BCUT2D eigenvalue weighted by Gasteiger charge is 2.02. The van der Waals surface area contributed by atoms with Crippen molar-refractivity contribution in [3.63, 3.8) is 0 Å². The summed E-state index contributed by atoms with van der Waals surface area (Å²) in [6.45, 7) is 4.65. The van der Waals surface area contributed by atoms with E-state index in [0.717, 1.165) is 35.9 Å². The number of hydrogen-bond acceptors (Lipinski definition) is 4. The van der Waals surface area contributed by atoms with Gasteiger partial charge in [0.15, 0.2) is 5.43 Å². The maximum Gasteiger partial charge on any atom is 0.181 e. The number of nitrogens with zero attached hydrogens (tertiary/aromatic N) is 2. The largest absolute Gasteiger partial charge is 0.364 e. The number of pyridine rings is 1. The topological polar surface area (TPSA) is 70.7 Å². The van der Waals surface area contributed by atoms with E-state index < -0.39 is 0 Å². The molecule has 0 aromatic carbocycles. The van der Waals surface area contributed by atoms with Crippen LogP contribution in [0.2, 0.25) is 0 Å². The van der Waals surface area contributed by atoms with Gasteiger partial charge in [-0.15, -0.1) is 0 Å². The van der Waals surface area contributed by atoms with Gasteiger partial charge in [0.05, 0.1) is 6.54 Å². The quantitative estimate of drug-likeness (QED) is 0.859. The van der Waals surface area contributed by atoms with Crippen LogP contribution in [-0.4, -0.2) is 15.0 Å². The van der Waals surface area contributed by atoms with Gasteiger partial charge in [0.1, 0.15) is 11.6 Å². The second-order valence-corrected chi connectivity index (χ2v) is 4.27. The number of aryl methyl sites for hydroxylation is 2. The van der Waals surface area contributed by atoms with Crippen molar-refractivity contribution in [3.05, 3.63) is 51.8 Å². The Morgan fingerprint density at radius 2 is 2.05 bits per heavy atom. The van der Waals surface area contributed by atoms with E-state index in [1.807, 2.05) is 13.0 Å². The Kier molecular flexibility index (Phi) is 4.28. The molecule has 0 bridgehead atoms. The first-order valence-electron chi connectivity index (χ1n) is 6.49. The minimum absolute atomic E-state index is 0.00160. The smallest absolute Gasteiger partial charge is 0.181 e. The fourth-order valence-corrected chi connectivity index (χ4v) is 1.76. The van der Waals surface area contributed by atoms with Crippen LogP contribution in [0, 0.1) is 0 Å². The number of nitrogens with one attached hydrogen (secondary N) is 2. The zero-order valence-electron chi connectivity index (χ0n) is 11.2. The number of anilines is 1. The average molecular weight is 258 g/mol. The van der Waals surface area contributed by atoms with Crippen molar-refractivity contribution in [3.8, 4) is 0 Å². The van der Waals surface area contributed by atoms with E-state index in [1.165, 1.54) is 6.07 Å². The molecule has 0 saturated heterocycles. The summed E-state index contributed by atoms with van der Waals surface area (Å²) in [5.41, 5.74) is 1.86. The van der Waals surface area contributed by atoms with Gasteiger partial charge in [-0.1, -0.05) is 13.8 Å². The summed E-state index contributed by atoms with van der Waals surface area (Å²) in [7, 11) is 0. The van der Waals surface area contributed by atoms with E-state index in [9.17, 15) is 4.79 Å². The van der Waals surface area contributed by atoms with Crippen molar-refractivity contribution >= 4 is 5.82 Å². The molecule has 0 aliphatic rings. The number of H-pyrrole nitrogens is 1. The first-order chi connectivity index (χ1) is 9.21. The summed E-state index contributed by atoms with van der Waals surface area (Å²) >= 11 is 0. The van der Waals surface area contributed by atoms with E-state index in [4.69, 9.17) is 0 Å². The zero-order valence-corrected chi connectivity index (χ0v) is 11.2. The molecule has 2 aromatic rings. The van der Waals surface area contributed by atoms with Crippen LogP contribution >= 0.6 is 0 Å². The predicted octanol–water partition coefficient (Wildman–Crippen LogP) is 1.90. The Bertz CT molecular complexity index is 584. The van der Waals surface area contributed by atoms with Gasteiger partial charge in [0, 0.05) is 42.2 Å². The number of rotatable bonds is 5. The number of hydrogen-bond donors (Lipinski definition) is 2. The van der Waals surface area contributed by atoms with Crippen molar-refractivity contribution < 1.29 is 0 Å². The molecule has 0 unspecified atom stereocenters. The second-order valence-electron chi connectivity index (χ2n) is 4.27. The molecular formula is C14H18N4O. The lowest BCUT2D eigenvalue weighted by molar-refractivity contribution is 0.881. The summed E-state index contributed by atoms with van der Waals surface area (Å²) in [5, 5.41) is 3.22. The Labute approximate surface area is 112 Å². The van der Waals surface area contributed by atoms with Gasteiger partial charge in [-0.2, -0.15) is 0 Å². The van der Waals surface area contributed by atoms with Gasteiger partial charge in [0.2, 0.25) is 0 Å². The van der Waals surface area contributed by atoms with Crippen LogP contribution in [-0.2, 0) is 19.4 Å². The molecule has 0 aliphatic carbocycles. The van der Waals surface area contributed by atoms with E-state index in [1.54, 1.807) is 12.3 Å². The third kappa shape index (κ3) is 3.64. The van der Waals surface area contributed by atoms with Gasteiger partial charge in [-0.05, 0) is 6.42 Å². The van der Waals surface area contributed by atoms with E-state index >= 15 is 0 Å². The highest BCUT2D eigenvalue weighted by atomic mass is 16.1. The minimum atomic E-state index is 0.00160. The van der Waals surface area contributed by atoms with E-state index in [-0.39, 0.29) is 5.43 Å². The summed E-state index contributed by atoms with van der Waals surface area (Å²) in [4.78, 5) is 23.1. The fraction of sp³-hybridized carbons (Fsp3) is 0.357. The highest BCUT2D eigenvalue weighted by Crippen LogP contribution is 2.09. The molecule has 0 aliphatic heterocycles. The molecule has 0 saturated carbocycles. The van der Waals surface area contributed by atoms with Gasteiger partial charge in [-0.25, -0.2) is 9.97 Å². The van der Waals surface area contributed by atoms with Crippen LogP contribution in [0.15, 0.2) is 29.2 Å². The molecule has 0 spiro atoms. The molecule has 2 N–H and O–H groups in total. The monoisotopic (exact) mass is 258 g/mol. The van der Waals surface area contributed by atoms with Crippen molar-refractivity contribution in [2.45, 2.75) is 33.2 Å². The molecule has 0 radical (unpaired) electrons. The SMILES string of the molecule is CCc1cc(NCc2cc(=O)cc[nH]2)nc(CC)n1. The lowest BCUT2D eigenvalue weighted by Crippen LogP contribution is -2.09. The van der Waals surface area contributed by atoms with Crippen LogP contribution in [0.4, 0.5) is 5.82 Å². The van der Waals surface area contributed by atoms with Crippen LogP contribution in [0.1, 0.15) is 31.1 Å². The fourth-order valence-electron chi connectivity index (χ4n) is 1.76. The normalized spacial score (nSPS) is 10.4. The molecule has 2 aromatic heterocycles. The summed E-state index contributed by atoms with van der Waals surface area (Å²) in [5.74, 6) is 1.64. The molecule has 2 rings (SSSR count). The Balaban J connectivity index is 2.12. The summed E-state index contributed by atoms with van der Waals surface area (Å²) in [6, 6.07) is 5.02. The number of aromatic amines is 1. The molecule has 19 heavy (non-hydrogen) atoms. The Hall–Kier alpha value is -2.17. The first kappa shape index (κ1) is 13.3. The lowest BCUT2D eigenvalue weighted by Gasteiger charge is -2.08. The molecule has 5 heteroatoms. The number of aromatic nitrogens is 3. The van der Waals surface area contributed by atoms with E-state index in [0.29, 0.717) is 6.54 Å². The van der Waals surface area contributed by atoms with Crippen molar-refractivity contribution in [2.24, 2.45) is 0 Å². The molecule has 0 fully saturated rings. The van der Waals surface area contributed by atoms with Crippen LogP contribution in [0.25, 0.3) is 0 Å². The first-order valence-corrected chi connectivity index (χ1v) is 6.49. The van der Waals surface area contributed by atoms with Crippen molar-refractivity contribution in [2.75, 3.05) is 5.32 Å². The van der Waals surface area contributed by atoms with Gasteiger partial charge < -0.3 is 10.3 Å². The molecule has 2 heterocycles. The lowest BCUT2D eigenvalue weighted by atomic mass is 10.3. The van der Waals surface area contributed by atoms with Crippen molar-refractivity contribution in [1.29, 1.82) is 0 Å². The van der Waals surface area contributed by atoms with Gasteiger partial charge >= 0.3 is 0 Å². The third-order valence-electron chi connectivity index (χ3n) is 2.80. The molecule has 0 atom stereocenters. The van der Waals surface area contributed by atoms with Crippen LogP contribution in [0.3, 0.4) is 0 Å². The maximum atomic E-state index is 11.2. The molecule has 100 valence electrons. The van der Waals surface area contributed by atoms with Crippen molar-refractivity contribution in [1.82, 2.24) is 15.0 Å². The summed E-state index contributed by atoms with van der Waals surface area (Å²) < 4.78 is 0. The molecule has 0 amide bonds. The molecule has 5 nitrogen and oxygen atoms in total. The van der Waals surface area contributed by atoms with E-state index in [2.05, 4.69) is 27.2 Å². The second kappa shape index (κ2) is 6.13. The van der Waals surface area contributed by atoms with Crippen LogP contribution < -0.4 is 10.7 Å².